The molecule has 4 aliphatic carbocycles. The van der Waals surface area contributed by atoms with Crippen LogP contribution in [0.15, 0.2) is 11.6 Å². The van der Waals surface area contributed by atoms with Gasteiger partial charge in [0, 0.05) is 6.42 Å². The maximum absolute atomic E-state index is 12.6. The molecule has 0 saturated heterocycles. The highest BCUT2D eigenvalue weighted by molar-refractivity contribution is 5.75. The van der Waals surface area contributed by atoms with E-state index in [2.05, 4.69) is 26.8 Å². The summed E-state index contributed by atoms with van der Waals surface area (Å²) >= 11 is 0. The molecule has 0 aromatic carbocycles. The van der Waals surface area contributed by atoms with E-state index in [0.717, 1.165) is 43.4 Å². The predicted molar refractivity (Wildman–Crippen MR) is 130 cm³/mol. The number of aliphatic hydroxyl groups is 2. The fourth-order valence-electron chi connectivity index (χ4n) is 8.81. The summed E-state index contributed by atoms with van der Waals surface area (Å²) in [6, 6.07) is 0. The molecule has 1 amide bonds. The lowest BCUT2D eigenvalue weighted by Crippen LogP contribution is -2.50. The molecule has 5 heteroatoms. The summed E-state index contributed by atoms with van der Waals surface area (Å²) in [4.78, 5) is 17.8. The molecular weight excluding hydrogens is 414 g/mol. The van der Waals surface area contributed by atoms with Gasteiger partial charge >= 0.3 is 0 Å². The zero-order valence-electron chi connectivity index (χ0n) is 21.6. The molecule has 0 heterocycles. The first-order valence-corrected chi connectivity index (χ1v) is 13.5. The predicted octanol–water partition coefficient (Wildman–Crippen LogP) is 5.11. The number of amides is 1. The molecule has 4 rings (SSSR count). The molecular formula is C28H47NO4. The summed E-state index contributed by atoms with van der Waals surface area (Å²) in [6.07, 6.45) is 12.6. The third-order valence-electron chi connectivity index (χ3n) is 10.6. The fourth-order valence-corrected chi connectivity index (χ4v) is 8.81. The first kappa shape index (κ1) is 25.2. The van der Waals surface area contributed by atoms with E-state index in [0.29, 0.717) is 29.1 Å². The summed E-state index contributed by atoms with van der Waals surface area (Å²) in [5.41, 5.74) is 2.22. The molecule has 9 atom stereocenters. The van der Waals surface area contributed by atoms with Crippen LogP contribution in [0.5, 0.6) is 0 Å². The van der Waals surface area contributed by atoms with Gasteiger partial charge in [-0.1, -0.05) is 32.4 Å². The van der Waals surface area contributed by atoms with E-state index in [1.165, 1.54) is 44.3 Å². The Hall–Kier alpha value is -0.910. The Morgan fingerprint density at radius 3 is 2.64 bits per heavy atom. The monoisotopic (exact) mass is 461 g/mol. The van der Waals surface area contributed by atoms with E-state index >= 15 is 0 Å². The molecule has 0 aliphatic heterocycles. The van der Waals surface area contributed by atoms with Gasteiger partial charge in [-0.15, -0.1) is 0 Å². The van der Waals surface area contributed by atoms with Gasteiger partial charge in [0.05, 0.1) is 25.9 Å². The summed E-state index contributed by atoms with van der Waals surface area (Å²) in [5.74, 6) is 3.50. The normalized spacial score (nSPS) is 41.9. The highest BCUT2D eigenvalue weighted by atomic mass is 16.7. The summed E-state index contributed by atoms with van der Waals surface area (Å²) < 4.78 is 0. The van der Waals surface area contributed by atoms with Gasteiger partial charge in [0.15, 0.2) is 0 Å². The molecule has 0 spiro atoms. The third kappa shape index (κ3) is 4.54. The molecule has 3 fully saturated rings. The number of carbonyl (C=O) groups excluding carboxylic acids is 1. The van der Waals surface area contributed by atoms with E-state index in [1.54, 1.807) is 12.5 Å². The van der Waals surface area contributed by atoms with Gasteiger partial charge in [-0.2, -0.15) is 0 Å². The number of rotatable bonds is 7. The molecule has 0 radical (unpaired) electrons. The first-order chi connectivity index (χ1) is 15.6. The second-order valence-corrected chi connectivity index (χ2v) is 12.4. The molecule has 0 aromatic rings. The van der Waals surface area contributed by atoms with Gasteiger partial charge < -0.3 is 10.2 Å². The number of carbonyl (C=O) groups is 1. The van der Waals surface area contributed by atoms with Crippen LogP contribution >= 0.6 is 0 Å². The molecule has 2 unspecified atom stereocenters. The standard InChI is InChI=1S/C28H47NO4/c1-18(6-11-26(32)29(33-5)17-19(2)30)23-9-10-24-22-8-7-20-16-21(31)12-14-27(20,3)25(22)13-15-28(23,24)4/h7,18-19,21-25,30-31H,6,8-17H2,1-5H3/t18?,19?,21-,22-,23+,24-,25-,27-,28+/m0/s1. The van der Waals surface area contributed by atoms with Crippen molar-refractivity contribution in [1.82, 2.24) is 5.06 Å². The van der Waals surface area contributed by atoms with E-state index in [4.69, 9.17) is 4.84 Å². The number of allylic oxidation sites excluding steroid dienone is 1. The maximum Gasteiger partial charge on any atom is 0.246 e. The lowest BCUT2D eigenvalue weighted by Gasteiger charge is -2.58. The van der Waals surface area contributed by atoms with E-state index in [9.17, 15) is 15.0 Å². The highest BCUT2D eigenvalue weighted by Crippen LogP contribution is 2.67. The number of fused-ring (bicyclic) bond motifs is 5. The Labute approximate surface area is 200 Å². The lowest BCUT2D eigenvalue weighted by molar-refractivity contribution is -0.182. The van der Waals surface area contributed by atoms with Crippen LogP contribution in [0, 0.1) is 40.4 Å². The lowest BCUT2D eigenvalue weighted by atomic mass is 9.47. The Balaban J connectivity index is 1.42. The van der Waals surface area contributed by atoms with Gasteiger partial charge in [-0.05, 0) is 105 Å². The number of aliphatic hydroxyl groups excluding tert-OH is 2. The van der Waals surface area contributed by atoms with E-state index < -0.39 is 6.10 Å². The van der Waals surface area contributed by atoms with Gasteiger partial charge in [0.1, 0.15) is 0 Å². The van der Waals surface area contributed by atoms with Crippen LogP contribution in [0.25, 0.3) is 0 Å². The van der Waals surface area contributed by atoms with Crippen molar-refractivity contribution in [3.05, 3.63) is 11.6 Å². The second-order valence-electron chi connectivity index (χ2n) is 12.4. The summed E-state index contributed by atoms with van der Waals surface area (Å²) in [7, 11) is 1.50. The van der Waals surface area contributed by atoms with Crippen molar-refractivity contribution < 1.29 is 19.8 Å². The van der Waals surface area contributed by atoms with Crippen molar-refractivity contribution in [3.63, 3.8) is 0 Å². The molecule has 0 bridgehead atoms. The molecule has 33 heavy (non-hydrogen) atoms. The SMILES string of the molecule is CON(CC(C)O)C(=O)CCC(C)[C@H]1CC[C@H]2[C@@H]3CC=C4C[C@@H](O)CC[C@]4(C)[C@H]3CC[C@]12C. The minimum absolute atomic E-state index is 0.0222. The van der Waals surface area contributed by atoms with E-state index in [1.807, 2.05) is 0 Å². The second kappa shape index (κ2) is 9.62. The van der Waals surface area contributed by atoms with E-state index in [-0.39, 0.29) is 18.6 Å². The molecule has 5 nitrogen and oxygen atoms in total. The van der Waals surface area contributed by atoms with Crippen LogP contribution in [-0.2, 0) is 9.63 Å². The fraction of sp³-hybridized carbons (Fsp3) is 0.893. The Kier molecular flexibility index (Phi) is 7.34. The van der Waals surface area contributed by atoms with Crippen LogP contribution in [0.4, 0.5) is 0 Å². The largest absolute Gasteiger partial charge is 0.393 e. The Morgan fingerprint density at radius 2 is 1.94 bits per heavy atom. The number of hydrogen-bond donors (Lipinski definition) is 2. The molecule has 3 saturated carbocycles. The average molecular weight is 462 g/mol. The van der Waals surface area contributed by atoms with Gasteiger partial charge in [0.2, 0.25) is 5.91 Å². The smallest absolute Gasteiger partial charge is 0.246 e. The molecule has 2 N–H and O–H groups in total. The van der Waals surface area contributed by atoms with Crippen LogP contribution in [0.1, 0.15) is 91.9 Å². The molecule has 4 aliphatic rings. The van der Waals surface area contributed by atoms with Crippen LogP contribution in [0.2, 0.25) is 0 Å². The summed E-state index contributed by atoms with van der Waals surface area (Å²) in [5, 5.41) is 21.2. The van der Waals surface area contributed by atoms with Crippen LogP contribution in [0.3, 0.4) is 0 Å². The minimum Gasteiger partial charge on any atom is -0.393 e. The van der Waals surface area contributed by atoms with Crippen molar-refractivity contribution in [1.29, 1.82) is 0 Å². The van der Waals surface area contributed by atoms with Crippen molar-refractivity contribution in [2.24, 2.45) is 40.4 Å². The van der Waals surface area contributed by atoms with Crippen molar-refractivity contribution in [2.45, 2.75) is 104 Å². The number of nitrogens with zero attached hydrogens (tertiary/aromatic N) is 1. The van der Waals surface area contributed by atoms with Gasteiger partial charge in [0.25, 0.3) is 0 Å². The molecule has 188 valence electrons. The molecule has 0 aromatic heterocycles. The minimum atomic E-state index is -0.588. The Bertz CT molecular complexity index is 750. The van der Waals surface area contributed by atoms with Crippen LogP contribution in [-0.4, -0.2) is 47.0 Å². The Morgan fingerprint density at radius 1 is 1.18 bits per heavy atom. The highest BCUT2D eigenvalue weighted by Gasteiger charge is 2.59. The van der Waals surface area contributed by atoms with Crippen molar-refractivity contribution in [3.8, 4) is 0 Å². The van der Waals surface area contributed by atoms with Gasteiger partial charge in [-0.3, -0.25) is 9.63 Å². The zero-order chi connectivity index (χ0) is 24.0. The van der Waals surface area contributed by atoms with Crippen LogP contribution < -0.4 is 0 Å². The average Bonchev–Trinajstić information content (AvgIpc) is 3.13. The van der Waals surface area contributed by atoms with Crippen molar-refractivity contribution in [2.75, 3.05) is 13.7 Å². The quantitative estimate of drug-likeness (QED) is 0.408. The number of hydrogen-bond acceptors (Lipinski definition) is 4. The number of hydroxylamine groups is 2. The maximum atomic E-state index is 12.6. The first-order valence-electron chi connectivity index (χ1n) is 13.5. The van der Waals surface area contributed by atoms with Crippen molar-refractivity contribution >= 4 is 5.91 Å². The summed E-state index contributed by atoms with van der Waals surface area (Å²) in [6.45, 7) is 9.31. The third-order valence-corrected chi connectivity index (χ3v) is 10.6. The topological polar surface area (TPSA) is 70.0 Å². The van der Waals surface area contributed by atoms with Gasteiger partial charge in [-0.25, -0.2) is 5.06 Å². The zero-order valence-corrected chi connectivity index (χ0v) is 21.6.